The molecule has 31 heavy (non-hydrogen) atoms. The highest BCUT2D eigenvalue weighted by Gasteiger charge is 2.20. The van der Waals surface area contributed by atoms with Gasteiger partial charge in [-0.05, 0) is 18.6 Å². The molecule has 1 aliphatic heterocycles. The van der Waals surface area contributed by atoms with Crippen LogP contribution < -0.4 is 14.8 Å². The number of aromatic nitrogens is 6. The number of halogens is 1. The molecule has 4 aromatic rings. The number of imidazole rings is 1. The average molecular weight is 421 g/mol. The average Bonchev–Trinajstić information content (AvgIpc) is 3.11. The van der Waals surface area contributed by atoms with Crippen molar-refractivity contribution < 1.29 is 13.9 Å². The largest absolute Gasteiger partial charge is 0.472 e. The monoisotopic (exact) mass is 421 g/mol. The highest BCUT2D eigenvalue weighted by atomic mass is 19.1. The van der Waals surface area contributed by atoms with Crippen molar-refractivity contribution in [1.29, 1.82) is 0 Å². The SMILES string of the molecule is COc1nc(C)c2nc(-c3cncc(F)c3)n(Cc3ccc(OC4CNC4)nc3)c2n1. The van der Waals surface area contributed by atoms with E-state index in [2.05, 4.69) is 25.3 Å². The minimum Gasteiger partial charge on any atom is -0.472 e. The van der Waals surface area contributed by atoms with Gasteiger partial charge in [0.25, 0.3) is 0 Å². The number of methoxy groups -OCH3 is 1. The van der Waals surface area contributed by atoms with Gasteiger partial charge in [-0.2, -0.15) is 9.97 Å². The zero-order valence-electron chi connectivity index (χ0n) is 17.0. The maximum Gasteiger partial charge on any atom is 0.318 e. The molecule has 0 saturated carbocycles. The number of hydrogen-bond donors (Lipinski definition) is 1. The van der Waals surface area contributed by atoms with Crippen LogP contribution >= 0.6 is 0 Å². The van der Waals surface area contributed by atoms with E-state index < -0.39 is 5.82 Å². The van der Waals surface area contributed by atoms with Gasteiger partial charge in [-0.15, -0.1) is 0 Å². The van der Waals surface area contributed by atoms with Crippen molar-refractivity contribution in [2.24, 2.45) is 0 Å². The number of nitrogens with one attached hydrogen (secondary N) is 1. The smallest absolute Gasteiger partial charge is 0.318 e. The van der Waals surface area contributed by atoms with E-state index in [0.29, 0.717) is 40.7 Å². The molecule has 0 atom stereocenters. The first kappa shape index (κ1) is 19.3. The number of rotatable bonds is 6. The molecule has 0 aliphatic carbocycles. The summed E-state index contributed by atoms with van der Waals surface area (Å²) < 4.78 is 26.8. The molecule has 4 aromatic heterocycles. The fraction of sp³-hybridized carbons (Fsp3) is 0.286. The Kier molecular flexibility index (Phi) is 4.91. The number of ether oxygens (including phenoxy) is 2. The van der Waals surface area contributed by atoms with Crippen LogP contribution in [0, 0.1) is 12.7 Å². The molecule has 9 nitrogen and oxygen atoms in total. The van der Waals surface area contributed by atoms with Crippen molar-refractivity contribution in [3.8, 4) is 23.3 Å². The minimum atomic E-state index is -0.440. The topological polar surface area (TPSA) is 99.9 Å². The highest BCUT2D eigenvalue weighted by Crippen LogP contribution is 2.27. The van der Waals surface area contributed by atoms with Gasteiger partial charge in [0.15, 0.2) is 5.65 Å². The van der Waals surface area contributed by atoms with E-state index in [0.717, 1.165) is 24.8 Å². The summed E-state index contributed by atoms with van der Waals surface area (Å²) in [6.45, 7) is 3.91. The second kappa shape index (κ2) is 7.88. The first-order valence-corrected chi connectivity index (χ1v) is 9.83. The maximum absolute atomic E-state index is 13.9. The fourth-order valence-electron chi connectivity index (χ4n) is 3.38. The first-order chi connectivity index (χ1) is 15.1. The second-order valence-electron chi connectivity index (χ2n) is 7.28. The van der Waals surface area contributed by atoms with Crippen LogP contribution in [0.4, 0.5) is 4.39 Å². The molecular formula is C21H20FN7O2. The first-order valence-electron chi connectivity index (χ1n) is 9.83. The van der Waals surface area contributed by atoms with E-state index in [1.807, 2.05) is 23.6 Å². The molecule has 0 unspecified atom stereocenters. The predicted molar refractivity (Wildman–Crippen MR) is 110 cm³/mol. The lowest BCUT2D eigenvalue weighted by atomic mass is 10.2. The third-order valence-corrected chi connectivity index (χ3v) is 5.06. The third kappa shape index (κ3) is 3.77. The lowest BCUT2D eigenvalue weighted by Gasteiger charge is -2.27. The van der Waals surface area contributed by atoms with Crippen LogP contribution in [0.2, 0.25) is 0 Å². The van der Waals surface area contributed by atoms with Gasteiger partial charge in [0.1, 0.15) is 23.3 Å². The highest BCUT2D eigenvalue weighted by molar-refractivity contribution is 5.79. The van der Waals surface area contributed by atoms with Crippen molar-refractivity contribution in [2.45, 2.75) is 19.6 Å². The van der Waals surface area contributed by atoms with E-state index in [1.54, 1.807) is 12.4 Å². The Hall–Kier alpha value is -3.66. The summed E-state index contributed by atoms with van der Waals surface area (Å²) in [6, 6.07) is 5.42. The minimum absolute atomic E-state index is 0.162. The molecule has 0 aromatic carbocycles. The summed E-state index contributed by atoms with van der Waals surface area (Å²) in [7, 11) is 1.51. The number of nitrogens with zero attached hydrogens (tertiary/aromatic N) is 6. The van der Waals surface area contributed by atoms with Crippen LogP contribution in [0.25, 0.3) is 22.6 Å². The van der Waals surface area contributed by atoms with Crippen molar-refractivity contribution in [1.82, 2.24) is 34.8 Å². The van der Waals surface area contributed by atoms with Crippen molar-refractivity contribution in [2.75, 3.05) is 20.2 Å². The van der Waals surface area contributed by atoms with Gasteiger partial charge >= 0.3 is 6.01 Å². The second-order valence-corrected chi connectivity index (χ2v) is 7.28. The molecular weight excluding hydrogens is 401 g/mol. The molecule has 0 radical (unpaired) electrons. The van der Waals surface area contributed by atoms with Gasteiger partial charge in [0.2, 0.25) is 5.88 Å². The van der Waals surface area contributed by atoms with E-state index in [9.17, 15) is 4.39 Å². The van der Waals surface area contributed by atoms with Crippen molar-refractivity contribution in [3.05, 3.63) is 53.9 Å². The molecule has 1 aliphatic rings. The summed E-state index contributed by atoms with van der Waals surface area (Å²) >= 11 is 0. The molecule has 0 amide bonds. The number of aryl methyl sites for hydroxylation is 1. The summed E-state index contributed by atoms with van der Waals surface area (Å²) in [6.07, 6.45) is 4.65. The molecule has 5 heterocycles. The Bertz CT molecular complexity index is 1240. The zero-order chi connectivity index (χ0) is 21.4. The third-order valence-electron chi connectivity index (χ3n) is 5.06. The summed E-state index contributed by atoms with van der Waals surface area (Å²) in [5.41, 5.74) is 3.33. The maximum atomic E-state index is 13.9. The van der Waals surface area contributed by atoms with Crippen LogP contribution in [0.3, 0.4) is 0 Å². The van der Waals surface area contributed by atoms with Gasteiger partial charge in [-0.3, -0.25) is 4.98 Å². The predicted octanol–water partition coefficient (Wildman–Crippen LogP) is 2.14. The van der Waals surface area contributed by atoms with Gasteiger partial charge in [-0.25, -0.2) is 14.4 Å². The van der Waals surface area contributed by atoms with Crippen LogP contribution in [-0.4, -0.2) is 55.8 Å². The van der Waals surface area contributed by atoms with Gasteiger partial charge < -0.3 is 19.4 Å². The van der Waals surface area contributed by atoms with E-state index in [4.69, 9.17) is 14.5 Å². The van der Waals surface area contributed by atoms with Gasteiger partial charge in [-0.1, -0.05) is 6.07 Å². The molecule has 0 spiro atoms. The van der Waals surface area contributed by atoms with Crippen LogP contribution in [0.15, 0.2) is 36.8 Å². The number of fused-ring (bicyclic) bond motifs is 1. The van der Waals surface area contributed by atoms with E-state index >= 15 is 0 Å². The number of hydrogen-bond acceptors (Lipinski definition) is 8. The standard InChI is InChI=1S/C21H20FN7O2/c1-12-18-20(28-21(26-12)30-2)29(19(27-18)14-5-15(22)8-23-7-14)11-13-3-4-17(25-6-13)31-16-9-24-10-16/h3-8,16,24H,9-11H2,1-2H3. The van der Waals surface area contributed by atoms with Crippen molar-refractivity contribution in [3.63, 3.8) is 0 Å². The molecule has 158 valence electrons. The van der Waals surface area contributed by atoms with Gasteiger partial charge in [0, 0.05) is 37.1 Å². The van der Waals surface area contributed by atoms with Crippen LogP contribution in [0.1, 0.15) is 11.3 Å². The zero-order valence-corrected chi connectivity index (χ0v) is 17.0. The van der Waals surface area contributed by atoms with Crippen LogP contribution in [-0.2, 0) is 6.54 Å². The molecule has 10 heteroatoms. The Morgan fingerprint density at radius 3 is 2.71 bits per heavy atom. The summed E-state index contributed by atoms with van der Waals surface area (Å²) in [5, 5.41) is 3.16. The molecule has 1 fully saturated rings. The summed E-state index contributed by atoms with van der Waals surface area (Å²) in [5.74, 6) is 0.679. The Morgan fingerprint density at radius 1 is 1.16 bits per heavy atom. The molecule has 1 N–H and O–H groups in total. The number of pyridine rings is 2. The lowest BCUT2D eigenvalue weighted by Crippen LogP contribution is -2.50. The van der Waals surface area contributed by atoms with E-state index in [-0.39, 0.29) is 12.1 Å². The summed E-state index contributed by atoms with van der Waals surface area (Å²) in [4.78, 5) is 21.9. The Morgan fingerprint density at radius 2 is 2.03 bits per heavy atom. The van der Waals surface area contributed by atoms with Gasteiger partial charge in [0.05, 0.1) is 25.5 Å². The Labute approximate surface area is 177 Å². The normalized spacial score (nSPS) is 13.9. The lowest BCUT2D eigenvalue weighted by molar-refractivity contribution is 0.136. The Balaban J connectivity index is 1.56. The fourth-order valence-corrected chi connectivity index (χ4v) is 3.38. The molecule has 0 bridgehead atoms. The van der Waals surface area contributed by atoms with E-state index in [1.165, 1.54) is 13.2 Å². The van der Waals surface area contributed by atoms with Crippen molar-refractivity contribution >= 4 is 11.2 Å². The quantitative estimate of drug-likeness (QED) is 0.506. The molecule has 5 rings (SSSR count). The molecule has 1 saturated heterocycles. The van der Waals surface area contributed by atoms with Crippen LogP contribution in [0.5, 0.6) is 11.9 Å².